The largest absolute Gasteiger partial charge is 0.495 e. The van der Waals surface area contributed by atoms with Gasteiger partial charge in [-0.3, -0.25) is 0 Å². The normalized spacial score (nSPS) is 13.2. The topological polar surface area (TPSA) is 47.9 Å². The van der Waals surface area contributed by atoms with Crippen molar-refractivity contribution >= 4 is 15.9 Å². The molecule has 1 unspecified atom stereocenters. The highest BCUT2D eigenvalue weighted by Crippen LogP contribution is 2.39. The first-order valence-corrected chi connectivity index (χ1v) is 6.82. The van der Waals surface area contributed by atoms with E-state index in [0.717, 1.165) is 0 Å². The molecule has 0 heterocycles. The van der Waals surface area contributed by atoms with E-state index in [0.29, 0.717) is 21.5 Å². The zero-order valence-corrected chi connectivity index (χ0v) is 13.6. The Balaban J connectivity index is 2.97. The molecule has 0 radical (unpaired) electrons. The lowest BCUT2D eigenvalue weighted by molar-refractivity contribution is -0.0501. The van der Waals surface area contributed by atoms with Gasteiger partial charge in [0.1, 0.15) is 22.1 Å². The van der Waals surface area contributed by atoms with Crippen LogP contribution in [0.3, 0.4) is 0 Å². The molecule has 5 heteroatoms. The molecule has 0 fully saturated rings. The third kappa shape index (κ3) is 4.37. The third-order valence-corrected chi connectivity index (χ3v) is 3.30. The average Bonchev–Trinajstić information content (AvgIpc) is 2.34. The number of ether oxygens (including phenoxy) is 3. The fourth-order valence-corrected chi connectivity index (χ4v) is 2.28. The van der Waals surface area contributed by atoms with E-state index in [9.17, 15) is 5.11 Å². The van der Waals surface area contributed by atoms with Crippen LogP contribution in [-0.4, -0.2) is 31.5 Å². The summed E-state index contributed by atoms with van der Waals surface area (Å²) < 4.78 is 16.8. The third-order valence-electron chi connectivity index (χ3n) is 2.55. The minimum Gasteiger partial charge on any atom is -0.495 e. The van der Waals surface area contributed by atoms with E-state index in [4.69, 9.17) is 14.2 Å². The van der Waals surface area contributed by atoms with Crippen LogP contribution in [0.25, 0.3) is 0 Å². The zero-order valence-electron chi connectivity index (χ0n) is 12.0. The van der Waals surface area contributed by atoms with Gasteiger partial charge in [0.25, 0.3) is 0 Å². The summed E-state index contributed by atoms with van der Waals surface area (Å²) in [6.07, 6.45) is -0.753. The van der Waals surface area contributed by atoms with Crippen LogP contribution in [0.4, 0.5) is 0 Å². The predicted octanol–water partition coefficient (Wildman–Crippen LogP) is 3.31. The number of hydrogen-bond acceptors (Lipinski definition) is 4. The molecule has 0 saturated heterocycles. The quantitative estimate of drug-likeness (QED) is 0.898. The summed E-state index contributed by atoms with van der Waals surface area (Å²) in [6.45, 7) is 6.04. The molecule has 0 spiro atoms. The van der Waals surface area contributed by atoms with Gasteiger partial charge in [-0.05, 0) is 48.8 Å². The Morgan fingerprint density at radius 1 is 1.21 bits per heavy atom. The predicted molar refractivity (Wildman–Crippen MR) is 77.9 cm³/mol. The van der Waals surface area contributed by atoms with E-state index in [1.165, 1.54) is 0 Å². The Labute approximate surface area is 122 Å². The van der Waals surface area contributed by atoms with Gasteiger partial charge in [-0.15, -0.1) is 0 Å². The summed E-state index contributed by atoms with van der Waals surface area (Å²) >= 11 is 3.41. The highest BCUT2D eigenvalue weighted by molar-refractivity contribution is 9.10. The number of aliphatic hydroxyl groups is 1. The van der Waals surface area contributed by atoms with Crippen LogP contribution < -0.4 is 9.47 Å². The summed E-state index contributed by atoms with van der Waals surface area (Å²) in [4.78, 5) is 0. The second kappa shape index (κ2) is 6.59. The van der Waals surface area contributed by atoms with E-state index in [1.54, 1.807) is 26.4 Å². The van der Waals surface area contributed by atoms with Crippen molar-refractivity contribution in [3.8, 4) is 11.5 Å². The Hall–Kier alpha value is -0.780. The molecule has 108 valence electrons. The molecular weight excluding hydrogens is 312 g/mol. The number of rotatable bonds is 5. The van der Waals surface area contributed by atoms with Gasteiger partial charge in [-0.1, -0.05) is 0 Å². The van der Waals surface area contributed by atoms with E-state index >= 15 is 0 Å². The number of methoxy groups -OCH3 is 2. The van der Waals surface area contributed by atoms with Gasteiger partial charge in [0, 0.05) is 5.56 Å². The first kappa shape index (κ1) is 16.3. The summed E-state index contributed by atoms with van der Waals surface area (Å²) in [5.41, 5.74) is 0.372. The highest BCUT2D eigenvalue weighted by Gasteiger charge is 2.21. The Kier molecular flexibility index (Phi) is 5.64. The van der Waals surface area contributed by atoms with Crippen molar-refractivity contribution in [2.45, 2.75) is 32.5 Å². The lowest BCUT2D eigenvalue weighted by atomic mass is 10.1. The minimum absolute atomic E-state index is 0.207. The van der Waals surface area contributed by atoms with Gasteiger partial charge in [0.2, 0.25) is 0 Å². The van der Waals surface area contributed by atoms with Crippen molar-refractivity contribution in [2.75, 3.05) is 20.8 Å². The second-order valence-corrected chi connectivity index (χ2v) is 5.94. The van der Waals surface area contributed by atoms with Crippen LogP contribution in [0.1, 0.15) is 32.4 Å². The van der Waals surface area contributed by atoms with Crippen molar-refractivity contribution in [2.24, 2.45) is 0 Å². The molecule has 1 rings (SSSR count). The molecule has 0 aliphatic heterocycles. The first-order valence-electron chi connectivity index (χ1n) is 6.02. The zero-order chi connectivity index (χ0) is 14.6. The number of aliphatic hydroxyl groups excluding tert-OH is 1. The Morgan fingerprint density at radius 2 is 1.84 bits per heavy atom. The highest BCUT2D eigenvalue weighted by atomic mass is 79.9. The summed E-state index contributed by atoms with van der Waals surface area (Å²) in [7, 11) is 3.14. The summed E-state index contributed by atoms with van der Waals surface area (Å²) in [5, 5.41) is 10.2. The van der Waals surface area contributed by atoms with E-state index in [1.807, 2.05) is 20.8 Å². The van der Waals surface area contributed by atoms with Crippen LogP contribution in [0.2, 0.25) is 0 Å². The molecular formula is C14H21BrO4. The molecule has 0 aliphatic carbocycles. The fourth-order valence-electron chi connectivity index (χ4n) is 1.60. The summed E-state index contributed by atoms with van der Waals surface area (Å²) in [5.74, 6) is 1.22. The number of hydrogen-bond donors (Lipinski definition) is 1. The molecule has 0 aromatic heterocycles. The molecule has 0 saturated carbocycles. The molecule has 19 heavy (non-hydrogen) atoms. The van der Waals surface area contributed by atoms with E-state index in [-0.39, 0.29) is 12.2 Å². The van der Waals surface area contributed by atoms with E-state index < -0.39 is 6.10 Å². The lowest BCUT2D eigenvalue weighted by Gasteiger charge is -2.23. The van der Waals surface area contributed by atoms with Crippen LogP contribution in [0, 0.1) is 0 Å². The monoisotopic (exact) mass is 332 g/mol. The van der Waals surface area contributed by atoms with Crippen molar-refractivity contribution in [1.82, 2.24) is 0 Å². The standard InChI is InChI=1S/C14H21BrO4/c1-14(2,3)19-8-10(16)9-6-7-11(17-4)12(15)13(9)18-5/h6-7,10,16H,8H2,1-5H3. The van der Waals surface area contributed by atoms with Crippen molar-refractivity contribution in [3.05, 3.63) is 22.2 Å². The maximum Gasteiger partial charge on any atom is 0.142 e. The Morgan fingerprint density at radius 3 is 2.32 bits per heavy atom. The molecule has 1 aromatic carbocycles. The average molecular weight is 333 g/mol. The summed E-state index contributed by atoms with van der Waals surface area (Å²) in [6, 6.07) is 3.56. The van der Waals surface area contributed by atoms with Crippen molar-refractivity contribution in [1.29, 1.82) is 0 Å². The molecule has 0 amide bonds. The van der Waals surface area contributed by atoms with Crippen LogP contribution in [0.5, 0.6) is 11.5 Å². The molecule has 1 N–H and O–H groups in total. The minimum atomic E-state index is -0.753. The molecule has 0 bridgehead atoms. The van der Waals surface area contributed by atoms with Crippen LogP contribution in [0.15, 0.2) is 16.6 Å². The SMILES string of the molecule is COc1ccc(C(O)COC(C)(C)C)c(OC)c1Br. The second-order valence-electron chi connectivity index (χ2n) is 5.14. The molecule has 0 aliphatic rings. The maximum absolute atomic E-state index is 10.2. The van der Waals surface area contributed by atoms with E-state index in [2.05, 4.69) is 15.9 Å². The lowest BCUT2D eigenvalue weighted by Crippen LogP contribution is -2.23. The molecule has 1 aromatic rings. The van der Waals surface area contributed by atoms with Crippen LogP contribution in [-0.2, 0) is 4.74 Å². The molecule has 4 nitrogen and oxygen atoms in total. The number of benzene rings is 1. The van der Waals surface area contributed by atoms with Gasteiger partial charge in [-0.25, -0.2) is 0 Å². The van der Waals surface area contributed by atoms with Gasteiger partial charge >= 0.3 is 0 Å². The number of halogens is 1. The van der Waals surface area contributed by atoms with Gasteiger partial charge in [0.05, 0.1) is 26.4 Å². The Bertz CT molecular complexity index is 426. The van der Waals surface area contributed by atoms with Crippen LogP contribution >= 0.6 is 15.9 Å². The maximum atomic E-state index is 10.2. The van der Waals surface area contributed by atoms with Gasteiger partial charge < -0.3 is 19.3 Å². The van der Waals surface area contributed by atoms with Crippen molar-refractivity contribution in [3.63, 3.8) is 0 Å². The fraction of sp³-hybridized carbons (Fsp3) is 0.571. The smallest absolute Gasteiger partial charge is 0.142 e. The first-order chi connectivity index (χ1) is 8.80. The van der Waals surface area contributed by atoms with Crippen molar-refractivity contribution < 1.29 is 19.3 Å². The molecule has 1 atom stereocenters. The van der Waals surface area contributed by atoms with Gasteiger partial charge in [-0.2, -0.15) is 0 Å². The van der Waals surface area contributed by atoms with Gasteiger partial charge in [0.15, 0.2) is 0 Å².